The summed E-state index contributed by atoms with van der Waals surface area (Å²) >= 11 is 0. The number of carboxylic acid groups (broad SMARTS) is 1. The molecule has 0 bridgehead atoms. The van der Waals surface area contributed by atoms with Crippen molar-refractivity contribution in [1.82, 2.24) is 9.97 Å². The van der Waals surface area contributed by atoms with E-state index in [1.807, 2.05) is 36.5 Å². The number of carboxylic acids is 1. The van der Waals surface area contributed by atoms with Crippen LogP contribution in [0.2, 0.25) is 0 Å². The number of carbonyl (C=O) groups is 1. The normalized spacial score (nSPS) is 12.5. The minimum Gasteiger partial charge on any atom is -0.491 e. The van der Waals surface area contributed by atoms with Crippen molar-refractivity contribution in [2.45, 2.75) is 46.0 Å². The van der Waals surface area contributed by atoms with Gasteiger partial charge in [-0.25, -0.2) is 4.98 Å². The molecule has 0 aliphatic heterocycles. The maximum absolute atomic E-state index is 12.5. The zero-order valence-corrected chi connectivity index (χ0v) is 25.8. The minimum atomic E-state index is -3.09. The molecule has 230 valence electrons. The fraction of sp³-hybridized carbons (Fsp3) is 0.406. The Kier molecular flexibility index (Phi) is 11.5. The summed E-state index contributed by atoms with van der Waals surface area (Å²) in [5.74, 6) is 0.469. The lowest BCUT2D eigenvalue weighted by Crippen LogP contribution is -2.11. The van der Waals surface area contributed by atoms with Crippen molar-refractivity contribution >= 4 is 41.2 Å². The smallest absolute Gasteiger partial charge is 0.332 e. The van der Waals surface area contributed by atoms with Crippen LogP contribution >= 0.6 is 7.60 Å². The van der Waals surface area contributed by atoms with E-state index in [2.05, 4.69) is 35.1 Å². The molecule has 4 rings (SSSR count). The summed E-state index contributed by atoms with van der Waals surface area (Å²) in [6.07, 6.45) is 3.39. The van der Waals surface area contributed by atoms with Gasteiger partial charge in [0.15, 0.2) is 5.82 Å². The first-order chi connectivity index (χ1) is 20.7. The fourth-order valence-corrected chi connectivity index (χ4v) is 6.37. The van der Waals surface area contributed by atoms with Crippen LogP contribution in [0.4, 0.5) is 5.82 Å². The van der Waals surface area contributed by atoms with Crippen LogP contribution in [0.15, 0.2) is 54.7 Å². The number of aliphatic carboxylic acids is 1. The molecule has 0 aliphatic carbocycles. The van der Waals surface area contributed by atoms with E-state index in [9.17, 15) is 9.36 Å². The van der Waals surface area contributed by atoms with E-state index in [1.54, 1.807) is 13.8 Å². The Bertz CT molecular complexity index is 1570. The molecule has 4 aromatic rings. The molecule has 43 heavy (non-hydrogen) atoms. The molecule has 2 heterocycles. The number of benzene rings is 2. The largest absolute Gasteiger partial charge is 0.491 e. The monoisotopic (exact) mass is 609 g/mol. The average Bonchev–Trinajstić information content (AvgIpc) is 2.98. The minimum absolute atomic E-state index is 0.0645. The molecule has 0 amide bonds. The van der Waals surface area contributed by atoms with Crippen molar-refractivity contribution in [3.05, 3.63) is 71.4 Å². The van der Waals surface area contributed by atoms with Crippen LogP contribution in [-0.2, 0) is 36.0 Å². The number of rotatable bonds is 17. The summed E-state index contributed by atoms with van der Waals surface area (Å²) in [7, 11) is -3.09. The Morgan fingerprint density at radius 2 is 1.70 bits per heavy atom. The van der Waals surface area contributed by atoms with Gasteiger partial charge >= 0.3 is 13.6 Å². The highest BCUT2D eigenvalue weighted by molar-refractivity contribution is 7.53. The molecule has 3 N–H and O–H groups in total. The number of nitrogens with two attached hydrogens (primary N) is 1. The number of aryl methyl sites for hydroxylation is 1. The highest BCUT2D eigenvalue weighted by Gasteiger charge is 2.22. The van der Waals surface area contributed by atoms with Crippen LogP contribution in [0, 0.1) is 0 Å². The number of pyridine rings is 2. The second-order valence-corrected chi connectivity index (χ2v) is 12.5. The molecule has 0 saturated heterocycles. The highest BCUT2D eigenvalue weighted by Crippen LogP contribution is 2.47. The fourth-order valence-electron chi connectivity index (χ4n) is 4.90. The van der Waals surface area contributed by atoms with E-state index < -0.39 is 13.6 Å². The van der Waals surface area contributed by atoms with Crippen molar-refractivity contribution in [3.8, 4) is 5.75 Å². The number of anilines is 1. The van der Waals surface area contributed by atoms with Crippen LogP contribution < -0.4 is 10.5 Å². The second kappa shape index (κ2) is 15.3. The highest BCUT2D eigenvalue weighted by atomic mass is 31.2. The molecule has 2 aromatic heterocycles. The topological polar surface area (TPSA) is 143 Å². The van der Waals surface area contributed by atoms with Crippen molar-refractivity contribution in [3.63, 3.8) is 0 Å². The molecular weight excluding hydrogens is 569 g/mol. The van der Waals surface area contributed by atoms with Gasteiger partial charge in [0.05, 0.1) is 38.1 Å². The van der Waals surface area contributed by atoms with Crippen LogP contribution in [0.25, 0.3) is 21.8 Å². The third kappa shape index (κ3) is 8.97. The molecule has 1 unspecified atom stereocenters. The summed E-state index contributed by atoms with van der Waals surface area (Å²) in [6, 6.07) is 15.9. The summed E-state index contributed by atoms with van der Waals surface area (Å²) in [5.41, 5.74) is 10.8. The van der Waals surface area contributed by atoms with Gasteiger partial charge in [-0.15, -0.1) is 0 Å². The molecular formula is C32H40N3O7P. The molecule has 0 spiro atoms. The predicted octanol–water partition coefficient (Wildman–Crippen LogP) is 6.39. The molecule has 1 atom stereocenters. The summed E-state index contributed by atoms with van der Waals surface area (Å²) in [4.78, 5) is 20.2. The van der Waals surface area contributed by atoms with E-state index in [1.165, 1.54) is 5.56 Å². The molecule has 11 heteroatoms. The maximum Gasteiger partial charge on any atom is 0.332 e. The second-order valence-electron chi connectivity index (χ2n) is 10.3. The third-order valence-corrected chi connectivity index (χ3v) is 9.10. The molecule has 0 fully saturated rings. The Balaban J connectivity index is 1.33. The van der Waals surface area contributed by atoms with E-state index in [4.69, 9.17) is 29.4 Å². The van der Waals surface area contributed by atoms with Crippen molar-refractivity contribution < 1.29 is 33.0 Å². The van der Waals surface area contributed by atoms with Gasteiger partial charge < -0.3 is 29.4 Å². The first kappa shape index (κ1) is 32.4. The zero-order valence-electron chi connectivity index (χ0n) is 25.0. The van der Waals surface area contributed by atoms with Crippen LogP contribution in [-0.4, -0.2) is 60.2 Å². The average molecular weight is 610 g/mol. The molecule has 0 radical (unpaired) electrons. The number of fused-ring (bicyclic) bond motifs is 3. The Hall–Kier alpha value is -3.56. The Morgan fingerprint density at radius 1 is 0.977 bits per heavy atom. The predicted molar refractivity (Wildman–Crippen MR) is 168 cm³/mol. The summed E-state index contributed by atoms with van der Waals surface area (Å²) in [6.45, 7) is 7.41. The third-order valence-electron chi connectivity index (χ3n) is 7.06. The number of nitrogen functional groups attached to an aromatic ring is 1. The van der Waals surface area contributed by atoms with Crippen LogP contribution in [0.1, 0.15) is 49.8 Å². The van der Waals surface area contributed by atoms with Crippen molar-refractivity contribution in [2.75, 3.05) is 44.9 Å². The van der Waals surface area contributed by atoms with Gasteiger partial charge in [0.25, 0.3) is 0 Å². The van der Waals surface area contributed by atoms with E-state index in [-0.39, 0.29) is 25.1 Å². The number of hydrogen-bond acceptors (Lipinski definition) is 9. The summed E-state index contributed by atoms with van der Waals surface area (Å²) < 4.78 is 34.4. The van der Waals surface area contributed by atoms with E-state index in [0.717, 1.165) is 39.6 Å². The van der Waals surface area contributed by atoms with E-state index in [0.29, 0.717) is 44.2 Å². The lowest BCUT2D eigenvalue weighted by Gasteiger charge is -2.16. The number of ether oxygens (including phenoxy) is 2. The number of aromatic nitrogens is 2. The van der Waals surface area contributed by atoms with Gasteiger partial charge in [0, 0.05) is 23.4 Å². The first-order valence-corrected chi connectivity index (χ1v) is 16.3. The van der Waals surface area contributed by atoms with Gasteiger partial charge in [-0.1, -0.05) is 31.2 Å². The summed E-state index contributed by atoms with van der Waals surface area (Å²) in [5, 5.41) is 10.9. The molecule has 2 aromatic carbocycles. The van der Waals surface area contributed by atoms with Gasteiger partial charge in [0.1, 0.15) is 17.9 Å². The van der Waals surface area contributed by atoms with Crippen molar-refractivity contribution in [1.29, 1.82) is 0 Å². The van der Waals surface area contributed by atoms with Gasteiger partial charge in [-0.2, -0.15) is 0 Å². The molecule has 0 aliphatic rings. The lowest BCUT2D eigenvalue weighted by molar-refractivity contribution is -0.136. The zero-order chi connectivity index (χ0) is 30.8. The molecule has 10 nitrogen and oxygen atoms in total. The standard InChI is InChI=1S/C32H40N3O7P/c1-4-41-43(38,42-5-2)17-16-39-14-15-40-26-10-6-23(7-11-26)18-22(3)25-20-28-27-12-8-24(9-13-30(36)37)19-29(27)35-32(33)31(28)34-21-25/h6-8,10-12,19-22H,4-5,9,13-18H2,1-3H3,(H2,33,35)(H,36,37). The van der Waals surface area contributed by atoms with Crippen LogP contribution in [0.3, 0.4) is 0 Å². The first-order valence-electron chi connectivity index (χ1n) is 14.6. The lowest BCUT2D eigenvalue weighted by atomic mass is 9.93. The van der Waals surface area contributed by atoms with Gasteiger partial charge in [-0.3, -0.25) is 14.3 Å². The SMILES string of the molecule is CCOP(=O)(CCOCCOc1ccc(CC(C)c2cnc3c(N)nc4cc(CCC(=O)O)ccc4c3c2)cc1)OCC. The van der Waals surface area contributed by atoms with Crippen molar-refractivity contribution in [2.24, 2.45) is 0 Å². The maximum atomic E-state index is 12.5. The Morgan fingerprint density at radius 3 is 2.40 bits per heavy atom. The van der Waals surface area contributed by atoms with Gasteiger partial charge in [-0.05, 0) is 73.6 Å². The molecule has 0 saturated carbocycles. The number of hydrogen-bond donors (Lipinski definition) is 2. The quantitative estimate of drug-likeness (QED) is 0.0785. The van der Waals surface area contributed by atoms with Crippen LogP contribution in [0.5, 0.6) is 5.75 Å². The van der Waals surface area contributed by atoms with Gasteiger partial charge in [0.2, 0.25) is 0 Å². The number of nitrogens with zero attached hydrogens (tertiary/aromatic N) is 2. The Labute approximate surface area is 252 Å². The van der Waals surface area contributed by atoms with E-state index >= 15 is 0 Å².